The van der Waals surface area contributed by atoms with E-state index in [9.17, 15) is 4.79 Å². The standard InChI is InChI=1S/C11H22N2O/c1-5-13(6-2)9-7-8-12-11(14)10(3)4/h3,5-9H2,1-2,4H3,(H,12,14). The maximum Gasteiger partial charge on any atom is 0.246 e. The summed E-state index contributed by atoms with van der Waals surface area (Å²) in [4.78, 5) is 13.4. The number of carbonyl (C=O) groups excluding carboxylic acids is 1. The molecule has 0 saturated heterocycles. The van der Waals surface area contributed by atoms with Gasteiger partial charge >= 0.3 is 0 Å². The molecule has 3 heteroatoms. The largest absolute Gasteiger partial charge is 0.352 e. The van der Waals surface area contributed by atoms with E-state index in [4.69, 9.17) is 0 Å². The van der Waals surface area contributed by atoms with Crippen LogP contribution in [0.5, 0.6) is 0 Å². The van der Waals surface area contributed by atoms with Crippen molar-refractivity contribution in [2.45, 2.75) is 27.2 Å². The van der Waals surface area contributed by atoms with Crippen molar-refractivity contribution in [2.75, 3.05) is 26.2 Å². The minimum Gasteiger partial charge on any atom is -0.352 e. The lowest BCUT2D eigenvalue weighted by molar-refractivity contribution is -0.117. The smallest absolute Gasteiger partial charge is 0.246 e. The van der Waals surface area contributed by atoms with Gasteiger partial charge in [-0.15, -0.1) is 0 Å². The summed E-state index contributed by atoms with van der Waals surface area (Å²) in [5, 5.41) is 2.82. The zero-order valence-electron chi connectivity index (χ0n) is 9.60. The van der Waals surface area contributed by atoms with E-state index < -0.39 is 0 Å². The van der Waals surface area contributed by atoms with Gasteiger partial charge < -0.3 is 10.2 Å². The fourth-order valence-electron chi connectivity index (χ4n) is 1.20. The van der Waals surface area contributed by atoms with E-state index in [1.807, 2.05) is 0 Å². The fourth-order valence-corrected chi connectivity index (χ4v) is 1.20. The van der Waals surface area contributed by atoms with Gasteiger partial charge in [-0.1, -0.05) is 20.4 Å². The lowest BCUT2D eigenvalue weighted by Gasteiger charge is -2.17. The molecule has 0 aromatic rings. The van der Waals surface area contributed by atoms with Crippen LogP contribution in [0.2, 0.25) is 0 Å². The Labute approximate surface area is 87.2 Å². The lowest BCUT2D eigenvalue weighted by Crippen LogP contribution is -2.30. The first-order valence-electron chi connectivity index (χ1n) is 5.27. The third-order valence-electron chi connectivity index (χ3n) is 2.22. The minimum atomic E-state index is -0.0375. The van der Waals surface area contributed by atoms with E-state index in [0.717, 1.165) is 32.6 Å². The van der Waals surface area contributed by atoms with E-state index in [1.165, 1.54) is 0 Å². The van der Waals surface area contributed by atoms with E-state index in [1.54, 1.807) is 6.92 Å². The Morgan fingerprint density at radius 1 is 1.36 bits per heavy atom. The molecule has 1 amide bonds. The molecular weight excluding hydrogens is 176 g/mol. The summed E-state index contributed by atoms with van der Waals surface area (Å²) in [5.41, 5.74) is 0.577. The van der Waals surface area contributed by atoms with Crippen LogP contribution in [0, 0.1) is 0 Å². The van der Waals surface area contributed by atoms with Gasteiger partial charge in [0.25, 0.3) is 0 Å². The van der Waals surface area contributed by atoms with Crippen LogP contribution in [0.3, 0.4) is 0 Å². The van der Waals surface area contributed by atoms with Gasteiger partial charge in [0, 0.05) is 12.1 Å². The summed E-state index contributed by atoms with van der Waals surface area (Å²) in [6, 6.07) is 0. The highest BCUT2D eigenvalue weighted by Crippen LogP contribution is 1.90. The molecule has 0 aliphatic rings. The van der Waals surface area contributed by atoms with Crippen LogP contribution in [0.4, 0.5) is 0 Å². The summed E-state index contributed by atoms with van der Waals surface area (Å²) < 4.78 is 0. The SMILES string of the molecule is C=C(C)C(=O)NCCCN(CC)CC. The van der Waals surface area contributed by atoms with Gasteiger partial charge in [0.05, 0.1) is 0 Å². The quantitative estimate of drug-likeness (QED) is 0.495. The Bertz CT molecular complexity index is 186. The van der Waals surface area contributed by atoms with Gasteiger partial charge in [0.15, 0.2) is 0 Å². The Hall–Kier alpha value is -0.830. The average Bonchev–Trinajstić information content (AvgIpc) is 2.17. The van der Waals surface area contributed by atoms with Crippen molar-refractivity contribution >= 4 is 5.91 Å². The number of nitrogens with one attached hydrogen (secondary N) is 1. The van der Waals surface area contributed by atoms with Crippen molar-refractivity contribution in [3.05, 3.63) is 12.2 Å². The summed E-state index contributed by atoms with van der Waals surface area (Å²) in [6.45, 7) is 13.5. The molecular formula is C11H22N2O. The summed E-state index contributed by atoms with van der Waals surface area (Å²) in [5.74, 6) is -0.0375. The molecule has 1 N–H and O–H groups in total. The molecule has 0 unspecified atom stereocenters. The van der Waals surface area contributed by atoms with Crippen LogP contribution in [-0.2, 0) is 4.79 Å². The first-order valence-corrected chi connectivity index (χ1v) is 5.27. The Morgan fingerprint density at radius 3 is 2.36 bits per heavy atom. The molecule has 0 fully saturated rings. The van der Waals surface area contributed by atoms with Crippen LogP contribution < -0.4 is 5.32 Å². The molecule has 0 heterocycles. The first kappa shape index (κ1) is 13.2. The fraction of sp³-hybridized carbons (Fsp3) is 0.727. The van der Waals surface area contributed by atoms with Gasteiger partial charge in [-0.3, -0.25) is 4.79 Å². The van der Waals surface area contributed by atoms with Crippen molar-refractivity contribution < 1.29 is 4.79 Å². The second-order valence-corrected chi connectivity index (χ2v) is 3.42. The Morgan fingerprint density at radius 2 is 1.93 bits per heavy atom. The summed E-state index contributed by atoms with van der Waals surface area (Å²) >= 11 is 0. The van der Waals surface area contributed by atoms with Crippen LogP contribution >= 0.6 is 0 Å². The lowest BCUT2D eigenvalue weighted by atomic mass is 10.3. The molecule has 0 radical (unpaired) electrons. The molecule has 82 valence electrons. The molecule has 0 spiro atoms. The van der Waals surface area contributed by atoms with Gasteiger partial charge in [-0.2, -0.15) is 0 Å². The molecule has 0 aromatic carbocycles. The second kappa shape index (κ2) is 7.56. The summed E-state index contributed by atoms with van der Waals surface area (Å²) in [7, 11) is 0. The van der Waals surface area contributed by atoms with Crippen molar-refractivity contribution in [1.82, 2.24) is 10.2 Å². The molecule has 3 nitrogen and oxygen atoms in total. The van der Waals surface area contributed by atoms with Gasteiger partial charge in [0.1, 0.15) is 0 Å². The Kier molecular flexibility index (Phi) is 7.11. The van der Waals surface area contributed by atoms with Crippen molar-refractivity contribution in [3.63, 3.8) is 0 Å². The number of hydrogen-bond acceptors (Lipinski definition) is 2. The molecule has 0 aromatic heterocycles. The Balaban J connectivity index is 3.46. The average molecular weight is 198 g/mol. The molecule has 0 bridgehead atoms. The predicted octanol–water partition coefficient (Wildman–Crippen LogP) is 1.41. The van der Waals surface area contributed by atoms with Crippen LogP contribution in [0.15, 0.2) is 12.2 Å². The van der Waals surface area contributed by atoms with Crippen LogP contribution in [0.25, 0.3) is 0 Å². The van der Waals surface area contributed by atoms with Crippen molar-refractivity contribution in [3.8, 4) is 0 Å². The topological polar surface area (TPSA) is 32.3 Å². The van der Waals surface area contributed by atoms with E-state index in [0.29, 0.717) is 5.57 Å². The first-order chi connectivity index (χ1) is 6.61. The maximum absolute atomic E-state index is 11.1. The molecule has 0 aliphatic heterocycles. The van der Waals surface area contributed by atoms with Gasteiger partial charge in [-0.05, 0) is 33.0 Å². The van der Waals surface area contributed by atoms with E-state index in [2.05, 4.69) is 30.6 Å². The summed E-state index contributed by atoms with van der Waals surface area (Å²) in [6.07, 6.45) is 1.00. The second-order valence-electron chi connectivity index (χ2n) is 3.42. The van der Waals surface area contributed by atoms with Crippen LogP contribution in [-0.4, -0.2) is 37.0 Å². The van der Waals surface area contributed by atoms with E-state index >= 15 is 0 Å². The van der Waals surface area contributed by atoms with Gasteiger partial charge in [0.2, 0.25) is 5.91 Å². The molecule has 0 saturated carbocycles. The van der Waals surface area contributed by atoms with Crippen molar-refractivity contribution in [1.29, 1.82) is 0 Å². The normalized spacial score (nSPS) is 10.3. The number of hydrogen-bond donors (Lipinski definition) is 1. The molecule has 14 heavy (non-hydrogen) atoms. The highest BCUT2D eigenvalue weighted by molar-refractivity contribution is 5.91. The third kappa shape index (κ3) is 5.75. The molecule has 0 atom stereocenters. The number of nitrogens with zero attached hydrogens (tertiary/aromatic N) is 1. The highest BCUT2D eigenvalue weighted by Gasteiger charge is 2.01. The predicted molar refractivity (Wildman–Crippen MR) is 60.2 cm³/mol. The number of rotatable bonds is 7. The molecule has 0 aliphatic carbocycles. The maximum atomic E-state index is 11.1. The zero-order valence-corrected chi connectivity index (χ0v) is 9.60. The van der Waals surface area contributed by atoms with Crippen LogP contribution in [0.1, 0.15) is 27.2 Å². The highest BCUT2D eigenvalue weighted by atomic mass is 16.1. The van der Waals surface area contributed by atoms with E-state index in [-0.39, 0.29) is 5.91 Å². The number of carbonyl (C=O) groups is 1. The number of amides is 1. The van der Waals surface area contributed by atoms with Gasteiger partial charge in [-0.25, -0.2) is 0 Å². The monoisotopic (exact) mass is 198 g/mol. The van der Waals surface area contributed by atoms with Crippen molar-refractivity contribution in [2.24, 2.45) is 0 Å². The zero-order chi connectivity index (χ0) is 11.0. The minimum absolute atomic E-state index is 0.0375. The molecule has 0 rings (SSSR count). The third-order valence-corrected chi connectivity index (χ3v) is 2.22.